The summed E-state index contributed by atoms with van der Waals surface area (Å²) < 4.78 is 14.5. The Morgan fingerprint density at radius 1 is 1.17 bits per heavy atom. The lowest BCUT2D eigenvalue weighted by Gasteiger charge is -2.12. The van der Waals surface area contributed by atoms with Gasteiger partial charge in [-0.15, -0.1) is 0 Å². The van der Waals surface area contributed by atoms with E-state index in [1.54, 1.807) is 10.7 Å². The molecule has 3 rings (SSSR count). The third-order valence-electron chi connectivity index (χ3n) is 3.22. The number of hydrogen-bond acceptors (Lipinski definition) is 3. The smallest absolute Gasteiger partial charge is 0.212 e. The molecule has 1 aliphatic heterocycles. The minimum absolute atomic E-state index is 0.469. The van der Waals surface area contributed by atoms with Gasteiger partial charge in [-0.3, -0.25) is 4.90 Å². The molecule has 0 saturated carbocycles. The van der Waals surface area contributed by atoms with E-state index in [9.17, 15) is 4.39 Å². The molecule has 2 aromatic rings. The molecule has 4 nitrogen and oxygen atoms in total. The number of halogens is 1. The fourth-order valence-electron chi connectivity index (χ4n) is 2.29. The van der Waals surface area contributed by atoms with Crippen LogP contribution in [0, 0.1) is 5.95 Å². The van der Waals surface area contributed by atoms with E-state index in [4.69, 9.17) is 0 Å². The standard InChI is InChI=1S/C13H15FN4/c14-13-4-3-12(8-15-13)18-10-11(7-16-18)9-17-5-1-2-6-17/h3-4,7-8,10H,1-2,5-6,9H2. The zero-order valence-corrected chi connectivity index (χ0v) is 10.1. The highest BCUT2D eigenvalue weighted by Gasteiger charge is 2.12. The van der Waals surface area contributed by atoms with E-state index in [0.29, 0.717) is 0 Å². The van der Waals surface area contributed by atoms with Crippen LogP contribution in [0.1, 0.15) is 18.4 Å². The molecule has 5 heteroatoms. The first-order valence-corrected chi connectivity index (χ1v) is 6.19. The van der Waals surface area contributed by atoms with Gasteiger partial charge in [0.05, 0.1) is 18.1 Å². The molecule has 0 atom stereocenters. The van der Waals surface area contributed by atoms with E-state index in [0.717, 1.165) is 12.2 Å². The van der Waals surface area contributed by atoms with Crippen molar-refractivity contribution in [2.75, 3.05) is 13.1 Å². The van der Waals surface area contributed by atoms with Gasteiger partial charge in [0.15, 0.2) is 0 Å². The molecule has 0 aromatic carbocycles. The average molecular weight is 246 g/mol. The van der Waals surface area contributed by atoms with Gasteiger partial charge in [0.1, 0.15) is 0 Å². The van der Waals surface area contributed by atoms with Crippen LogP contribution in [0.3, 0.4) is 0 Å². The predicted molar refractivity (Wildman–Crippen MR) is 65.8 cm³/mol. The van der Waals surface area contributed by atoms with Crippen LogP contribution in [0.15, 0.2) is 30.7 Å². The van der Waals surface area contributed by atoms with E-state index in [1.807, 2.05) is 12.4 Å². The summed E-state index contributed by atoms with van der Waals surface area (Å²) >= 11 is 0. The van der Waals surface area contributed by atoms with Crippen LogP contribution in [0.25, 0.3) is 5.69 Å². The van der Waals surface area contributed by atoms with Crippen LogP contribution in [-0.4, -0.2) is 32.8 Å². The summed E-state index contributed by atoms with van der Waals surface area (Å²) in [6.07, 6.45) is 7.91. The van der Waals surface area contributed by atoms with Crippen molar-refractivity contribution >= 4 is 0 Å². The van der Waals surface area contributed by atoms with Crippen molar-refractivity contribution in [1.82, 2.24) is 19.7 Å². The summed E-state index contributed by atoms with van der Waals surface area (Å²) in [5, 5.41) is 4.29. The maximum atomic E-state index is 12.7. The van der Waals surface area contributed by atoms with Crippen molar-refractivity contribution in [2.45, 2.75) is 19.4 Å². The number of likely N-dealkylation sites (tertiary alicyclic amines) is 1. The van der Waals surface area contributed by atoms with Gasteiger partial charge in [0.25, 0.3) is 0 Å². The minimum Gasteiger partial charge on any atom is -0.299 e. The van der Waals surface area contributed by atoms with Crippen molar-refractivity contribution in [2.24, 2.45) is 0 Å². The van der Waals surface area contributed by atoms with Gasteiger partial charge in [-0.2, -0.15) is 9.49 Å². The fraction of sp³-hybridized carbons (Fsp3) is 0.385. The van der Waals surface area contributed by atoms with Crippen LogP contribution < -0.4 is 0 Å². The molecular weight excluding hydrogens is 231 g/mol. The lowest BCUT2D eigenvalue weighted by Crippen LogP contribution is -2.17. The maximum Gasteiger partial charge on any atom is 0.212 e. The van der Waals surface area contributed by atoms with Gasteiger partial charge in [0.2, 0.25) is 5.95 Å². The highest BCUT2D eigenvalue weighted by molar-refractivity contribution is 5.27. The summed E-state index contributed by atoms with van der Waals surface area (Å²) in [4.78, 5) is 6.05. The summed E-state index contributed by atoms with van der Waals surface area (Å²) in [6, 6.07) is 3.02. The number of nitrogens with zero attached hydrogens (tertiary/aromatic N) is 4. The van der Waals surface area contributed by atoms with Crippen molar-refractivity contribution in [3.63, 3.8) is 0 Å². The lowest BCUT2D eigenvalue weighted by atomic mass is 10.3. The first-order valence-electron chi connectivity index (χ1n) is 6.19. The largest absolute Gasteiger partial charge is 0.299 e. The molecule has 0 amide bonds. The van der Waals surface area contributed by atoms with Crippen molar-refractivity contribution in [1.29, 1.82) is 0 Å². The monoisotopic (exact) mass is 246 g/mol. The fourth-order valence-corrected chi connectivity index (χ4v) is 2.29. The highest BCUT2D eigenvalue weighted by Crippen LogP contribution is 2.13. The summed E-state index contributed by atoms with van der Waals surface area (Å²) in [6.45, 7) is 3.28. The second-order valence-corrected chi connectivity index (χ2v) is 4.62. The van der Waals surface area contributed by atoms with Crippen LogP contribution >= 0.6 is 0 Å². The Hall–Kier alpha value is -1.75. The molecule has 94 valence electrons. The summed E-state index contributed by atoms with van der Waals surface area (Å²) in [5.74, 6) is -0.469. The SMILES string of the molecule is Fc1ccc(-n2cc(CN3CCCC3)cn2)cn1. The molecule has 0 bridgehead atoms. The zero-order chi connectivity index (χ0) is 12.4. The van der Waals surface area contributed by atoms with E-state index in [1.165, 1.54) is 43.8 Å². The first kappa shape index (κ1) is 11.3. The number of aromatic nitrogens is 3. The van der Waals surface area contributed by atoms with E-state index >= 15 is 0 Å². The Morgan fingerprint density at radius 2 is 2.00 bits per heavy atom. The maximum absolute atomic E-state index is 12.7. The minimum atomic E-state index is -0.469. The highest BCUT2D eigenvalue weighted by atomic mass is 19.1. The molecule has 1 aliphatic rings. The molecule has 0 radical (unpaired) electrons. The molecule has 0 N–H and O–H groups in total. The van der Waals surface area contributed by atoms with Crippen molar-refractivity contribution in [3.05, 3.63) is 42.2 Å². The summed E-state index contributed by atoms with van der Waals surface area (Å²) in [7, 11) is 0. The Bertz CT molecular complexity index is 514. The molecule has 3 heterocycles. The van der Waals surface area contributed by atoms with Crippen molar-refractivity contribution < 1.29 is 4.39 Å². The average Bonchev–Trinajstić information content (AvgIpc) is 3.02. The molecule has 18 heavy (non-hydrogen) atoms. The van der Waals surface area contributed by atoms with Gasteiger partial charge in [-0.25, -0.2) is 9.67 Å². The Morgan fingerprint density at radius 3 is 2.72 bits per heavy atom. The van der Waals surface area contributed by atoms with Crippen molar-refractivity contribution in [3.8, 4) is 5.69 Å². The number of rotatable bonds is 3. The van der Waals surface area contributed by atoms with Gasteiger partial charge >= 0.3 is 0 Å². The third kappa shape index (κ3) is 2.41. The Balaban J connectivity index is 1.74. The van der Waals surface area contributed by atoms with Gasteiger partial charge in [-0.1, -0.05) is 0 Å². The van der Waals surface area contributed by atoms with Crippen LogP contribution in [0.5, 0.6) is 0 Å². The normalized spacial score (nSPS) is 16.3. The molecule has 0 spiro atoms. The quantitative estimate of drug-likeness (QED) is 0.777. The molecule has 0 unspecified atom stereocenters. The first-order chi connectivity index (χ1) is 8.81. The Labute approximate surface area is 105 Å². The van der Waals surface area contributed by atoms with Crippen LogP contribution in [0.2, 0.25) is 0 Å². The summed E-state index contributed by atoms with van der Waals surface area (Å²) in [5.41, 5.74) is 1.96. The van der Waals surface area contributed by atoms with Crippen LogP contribution in [0.4, 0.5) is 4.39 Å². The second-order valence-electron chi connectivity index (χ2n) is 4.62. The molecular formula is C13H15FN4. The molecule has 2 aromatic heterocycles. The number of pyridine rings is 1. The van der Waals surface area contributed by atoms with Gasteiger partial charge in [-0.05, 0) is 38.1 Å². The Kier molecular flexibility index (Phi) is 3.06. The predicted octanol–water partition coefficient (Wildman–Crippen LogP) is 2.00. The van der Waals surface area contributed by atoms with Crippen LogP contribution in [-0.2, 0) is 6.54 Å². The van der Waals surface area contributed by atoms with Gasteiger partial charge in [0, 0.05) is 18.3 Å². The van der Waals surface area contributed by atoms with E-state index < -0.39 is 5.95 Å². The van der Waals surface area contributed by atoms with E-state index in [-0.39, 0.29) is 0 Å². The number of hydrogen-bond donors (Lipinski definition) is 0. The lowest BCUT2D eigenvalue weighted by molar-refractivity contribution is 0.331. The molecule has 1 saturated heterocycles. The topological polar surface area (TPSA) is 34.0 Å². The van der Waals surface area contributed by atoms with Gasteiger partial charge < -0.3 is 0 Å². The molecule has 0 aliphatic carbocycles. The third-order valence-corrected chi connectivity index (χ3v) is 3.22. The zero-order valence-electron chi connectivity index (χ0n) is 10.1. The van der Waals surface area contributed by atoms with E-state index in [2.05, 4.69) is 15.0 Å². The second kappa shape index (κ2) is 4.86. The molecule has 1 fully saturated rings.